The van der Waals surface area contributed by atoms with E-state index < -0.39 is 5.91 Å². The molecule has 1 rings (SSSR count). The highest BCUT2D eigenvalue weighted by atomic mass is 16.3. The van der Waals surface area contributed by atoms with Crippen molar-refractivity contribution >= 4 is 12.1 Å². The summed E-state index contributed by atoms with van der Waals surface area (Å²) in [6.45, 7) is 4.15. The summed E-state index contributed by atoms with van der Waals surface area (Å²) in [6.07, 6.45) is 3.72. The Hall–Kier alpha value is -1.84. The van der Waals surface area contributed by atoms with Crippen molar-refractivity contribution in [3.63, 3.8) is 0 Å². The van der Waals surface area contributed by atoms with Gasteiger partial charge in [0.1, 0.15) is 5.75 Å². The Morgan fingerprint density at radius 3 is 2.65 bits per heavy atom. The first kappa shape index (κ1) is 13.2. The molecule has 0 atom stereocenters. The van der Waals surface area contributed by atoms with E-state index in [-0.39, 0.29) is 11.3 Å². The molecular formula is C13H18N2O2. The number of hydrogen-bond acceptors (Lipinski definition) is 3. The van der Waals surface area contributed by atoms with Crippen molar-refractivity contribution in [3.05, 3.63) is 29.8 Å². The first-order valence-corrected chi connectivity index (χ1v) is 5.80. The highest BCUT2D eigenvalue weighted by molar-refractivity contribution is 5.96. The predicted octanol–water partition coefficient (Wildman–Crippen LogP) is 2.54. The van der Waals surface area contributed by atoms with Crippen molar-refractivity contribution in [2.24, 2.45) is 11.0 Å². The summed E-state index contributed by atoms with van der Waals surface area (Å²) in [7, 11) is 0. The lowest BCUT2D eigenvalue weighted by atomic mass is 10.1. The van der Waals surface area contributed by atoms with E-state index in [0.29, 0.717) is 5.92 Å². The van der Waals surface area contributed by atoms with Gasteiger partial charge in [-0.1, -0.05) is 26.0 Å². The first-order chi connectivity index (χ1) is 8.19. The second-order valence-electron chi connectivity index (χ2n) is 3.81. The van der Waals surface area contributed by atoms with E-state index in [2.05, 4.69) is 24.4 Å². The van der Waals surface area contributed by atoms with Gasteiger partial charge in [0.15, 0.2) is 0 Å². The highest BCUT2D eigenvalue weighted by Crippen LogP contribution is 2.14. The SMILES string of the molecule is CCC(/C=N/NC(=O)c1ccccc1O)CC. The third kappa shape index (κ3) is 3.90. The molecule has 1 aromatic rings. The fraction of sp³-hybridized carbons (Fsp3) is 0.385. The number of rotatable bonds is 5. The van der Waals surface area contributed by atoms with Gasteiger partial charge >= 0.3 is 0 Å². The quantitative estimate of drug-likeness (QED) is 0.607. The molecule has 1 aromatic carbocycles. The van der Waals surface area contributed by atoms with Gasteiger partial charge in [-0.05, 0) is 30.9 Å². The van der Waals surface area contributed by atoms with Crippen LogP contribution in [0.5, 0.6) is 5.75 Å². The van der Waals surface area contributed by atoms with Crippen LogP contribution in [-0.4, -0.2) is 17.2 Å². The Labute approximate surface area is 101 Å². The minimum absolute atomic E-state index is 0.0391. The molecule has 0 spiro atoms. The van der Waals surface area contributed by atoms with Gasteiger partial charge in [-0.3, -0.25) is 4.79 Å². The minimum Gasteiger partial charge on any atom is -0.507 e. The van der Waals surface area contributed by atoms with E-state index >= 15 is 0 Å². The highest BCUT2D eigenvalue weighted by Gasteiger charge is 2.08. The molecule has 0 heterocycles. The zero-order chi connectivity index (χ0) is 12.7. The Balaban J connectivity index is 2.59. The summed E-state index contributed by atoms with van der Waals surface area (Å²) in [5.41, 5.74) is 2.64. The van der Waals surface area contributed by atoms with Crippen LogP contribution in [0.4, 0.5) is 0 Å². The molecule has 0 fully saturated rings. The van der Waals surface area contributed by atoms with E-state index in [1.807, 2.05) is 0 Å². The number of carbonyl (C=O) groups is 1. The number of benzene rings is 1. The summed E-state index contributed by atoms with van der Waals surface area (Å²) >= 11 is 0. The van der Waals surface area contributed by atoms with Gasteiger partial charge in [-0.15, -0.1) is 0 Å². The van der Waals surface area contributed by atoms with Crippen molar-refractivity contribution in [1.82, 2.24) is 5.43 Å². The maximum atomic E-state index is 11.6. The summed E-state index contributed by atoms with van der Waals surface area (Å²) < 4.78 is 0. The molecule has 1 amide bonds. The molecule has 0 radical (unpaired) electrons. The van der Waals surface area contributed by atoms with Crippen molar-refractivity contribution < 1.29 is 9.90 Å². The van der Waals surface area contributed by atoms with E-state index in [0.717, 1.165) is 12.8 Å². The van der Waals surface area contributed by atoms with Gasteiger partial charge in [0.25, 0.3) is 5.91 Å². The number of nitrogens with one attached hydrogen (secondary N) is 1. The number of amides is 1. The Morgan fingerprint density at radius 1 is 1.41 bits per heavy atom. The van der Waals surface area contributed by atoms with Gasteiger partial charge in [0.2, 0.25) is 0 Å². The fourth-order valence-corrected chi connectivity index (χ4v) is 1.43. The van der Waals surface area contributed by atoms with Crippen LogP contribution in [0.15, 0.2) is 29.4 Å². The normalized spacial score (nSPS) is 11.0. The second-order valence-corrected chi connectivity index (χ2v) is 3.81. The number of nitrogens with zero attached hydrogens (tertiary/aromatic N) is 1. The molecule has 17 heavy (non-hydrogen) atoms. The molecule has 0 aliphatic rings. The van der Waals surface area contributed by atoms with E-state index in [1.54, 1.807) is 24.4 Å². The number of aromatic hydroxyl groups is 1. The molecule has 0 saturated heterocycles. The minimum atomic E-state index is -0.398. The molecule has 0 unspecified atom stereocenters. The molecule has 4 heteroatoms. The standard InChI is InChI=1S/C13H18N2O2/c1-3-10(4-2)9-14-15-13(17)11-7-5-6-8-12(11)16/h5-10,16H,3-4H2,1-2H3,(H,15,17)/b14-9+. The smallest absolute Gasteiger partial charge is 0.275 e. The van der Waals surface area contributed by atoms with Crippen LogP contribution >= 0.6 is 0 Å². The summed E-state index contributed by atoms with van der Waals surface area (Å²) in [6, 6.07) is 6.38. The second kappa shape index (κ2) is 6.68. The third-order valence-corrected chi connectivity index (χ3v) is 2.65. The van der Waals surface area contributed by atoms with Crippen molar-refractivity contribution in [1.29, 1.82) is 0 Å². The van der Waals surface area contributed by atoms with Crippen LogP contribution in [0.25, 0.3) is 0 Å². The Bertz CT molecular complexity index is 398. The van der Waals surface area contributed by atoms with Crippen LogP contribution in [0.3, 0.4) is 0 Å². The van der Waals surface area contributed by atoms with Gasteiger partial charge in [-0.2, -0.15) is 5.10 Å². The predicted molar refractivity (Wildman–Crippen MR) is 68.1 cm³/mol. The number of hydrogen-bond donors (Lipinski definition) is 2. The van der Waals surface area contributed by atoms with Crippen LogP contribution in [0, 0.1) is 5.92 Å². The Morgan fingerprint density at radius 2 is 2.06 bits per heavy atom. The average molecular weight is 234 g/mol. The molecule has 0 aromatic heterocycles. The maximum Gasteiger partial charge on any atom is 0.275 e. The number of para-hydroxylation sites is 1. The molecule has 2 N–H and O–H groups in total. The monoisotopic (exact) mass is 234 g/mol. The molecule has 0 bridgehead atoms. The van der Waals surface area contributed by atoms with Crippen LogP contribution < -0.4 is 5.43 Å². The zero-order valence-electron chi connectivity index (χ0n) is 10.2. The molecule has 0 aliphatic heterocycles. The topological polar surface area (TPSA) is 61.7 Å². The largest absolute Gasteiger partial charge is 0.507 e. The number of phenols is 1. The van der Waals surface area contributed by atoms with Crippen molar-refractivity contribution in [2.75, 3.05) is 0 Å². The third-order valence-electron chi connectivity index (χ3n) is 2.65. The van der Waals surface area contributed by atoms with E-state index in [4.69, 9.17) is 0 Å². The Kier molecular flexibility index (Phi) is 5.20. The molecule has 0 aliphatic carbocycles. The molecular weight excluding hydrogens is 216 g/mol. The summed E-state index contributed by atoms with van der Waals surface area (Å²) in [5.74, 6) is -0.0623. The lowest BCUT2D eigenvalue weighted by Gasteiger charge is -2.05. The van der Waals surface area contributed by atoms with E-state index in [9.17, 15) is 9.90 Å². The van der Waals surface area contributed by atoms with Crippen molar-refractivity contribution in [2.45, 2.75) is 26.7 Å². The van der Waals surface area contributed by atoms with E-state index in [1.165, 1.54) is 6.07 Å². The van der Waals surface area contributed by atoms with Gasteiger partial charge in [0, 0.05) is 6.21 Å². The molecule has 0 saturated carbocycles. The van der Waals surface area contributed by atoms with Gasteiger partial charge in [0.05, 0.1) is 5.56 Å². The fourth-order valence-electron chi connectivity index (χ4n) is 1.43. The summed E-state index contributed by atoms with van der Waals surface area (Å²) in [4.78, 5) is 11.6. The van der Waals surface area contributed by atoms with Crippen LogP contribution in [-0.2, 0) is 0 Å². The van der Waals surface area contributed by atoms with Crippen LogP contribution in [0.2, 0.25) is 0 Å². The first-order valence-electron chi connectivity index (χ1n) is 5.80. The summed E-state index contributed by atoms with van der Waals surface area (Å²) in [5, 5.41) is 13.4. The van der Waals surface area contributed by atoms with Crippen molar-refractivity contribution in [3.8, 4) is 5.75 Å². The number of carbonyl (C=O) groups excluding carboxylic acids is 1. The van der Waals surface area contributed by atoms with Gasteiger partial charge < -0.3 is 5.11 Å². The lowest BCUT2D eigenvalue weighted by molar-refractivity contribution is 0.0952. The molecule has 4 nitrogen and oxygen atoms in total. The maximum absolute atomic E-state index is 11.6. The number of hydrazone groups is 1. The average Bonchev–Trinajstić information content (AvgIpc) is 2.35. The zero-order valence-corrected chi connectivity index (χ0v) is 10.2. The van der Waals surface area contributed by atoms with Crippen LogP contribution in [0.1, 0.15) is 37.0 Å². The number of phenolic OH excluding ortho intramolecular Hbond substituents is 1. The molecule has 92 valence electrons. The van der Waals surface area contributed by atoms with Gasteiger partial charge in [-0.25, -0.2) is 5.43 Å². The lowest BCUT2D eigenvalue weighted by Crippen LogP contribution is -2.18.